The van der Waals surface area contributed by atoms with Crippen molar-refractivity contribution in [3.63, 3.8) is 0 Å². The fourth-order valence-electron chi connectivity index (χ4n) is 2.07. The van der Waals surface area contributed by atoms with E-state index in [1.54, 1.807) is 18.2 Å². The molecule has 0 aliphatic carbocycles. The van der Waals surface area contributed by atoms with Gasteiger partial charge in [0.05, 0.1) is 11.6 Å². The molecule has 0 atom stereocenters. The maximum absolute atomic E-state index is 11.9. The van der Waals surface area contributed by atoms with Gasteiger partial charge in [-0.3, -0.25) is 0 Å². The molecule has 2 aromatic rings. The second-order valence-corrected chi connectivity index (χ2v) is 5.19. The van der Waals surface area contributed by atoms with Gasteiger partial charge in [0.15, 0.2) is 0 Å². The van der Waals surface area contributed by atoms with Crippen LogP contribution in [0.4, 0.5) is 5.69 Å². The van der Waals surface area contributed by atoms with Crippen LogP contribution in [0.1, 0.15) is 28.8 Å². The summed E-state index contributed by atoms with van der Waals surface area (Å²) in [6.07, 6.45) is 2.76. The SMILES string of the molecule is Nc1cccc(Cl)c1C(=O)OCCCCc1ccccc1. The number of esters is 1. The van der Waals surface area contributed by atoms with E-state index in [1.807, 2.05) is 18.2 Å². The molecule has 110 valence electrons. The Bertz CT molecular complexity index is 579. The summed E-state index contributed by atoms with van der Waals surface area (Å²) in [6, 6.07) is 15.2. The van der Waals surface area contributed by atoms with Gasteiger partial charge in [0.1, 0.15) is 5.56 Å². The lowest BCUT2D eigenvalue weighted by molar-refractivity contribution is 0.0500. The third-order valence-corrected chi connectivity index (χ3v) is 3.50. The van der Waals surface area contributed by atoms with Crippen LogP contribution in [0.25, 0.3) is 0 Å². The minimum Gasteiger partial charge on any atom is -0.462 e. The van der Waals surface area contributed by atoms with Gasteiger partial charge < -0.3 is 10.5 Å². The lowest BCUT2D eigenvalue weighted by Gasteiger charge is -2.08. The number of ether oxygens (including phenoxy) is 1. The summed E-state index contributed by atoms with van der Waals surface area (Å²) in [6.45, 7) is 0.371. The van der Waals surface area contributed by atoms with Gasteiger partial charge in [-0.05, 0) is 37.0 Å². The third-order valence-electron chi connectivity index (χ3n) is 3.19. The zero-order valence-corrected chi connectivity index (χ0v) is 12.5. The molecule has 0 bridgehead atoms. The highest BCUT2D eigenvalue weighted by Crippen LogP contribution is 2.22. The Labute approximate surface area is 129 Å². The maximum Gasteiger partial charge on any atom is 0.341 e. The summed E-state index contributed by atoms with van der Waals surface area (Å²) in [5.74, 6) is -0.460. The summed E-state index contributed by atoms with van der Waals surface area (Å²) >= 11 is 5.96. The number of nitrogens with two attached hydrogens (primary N) is 1. The largest absolute Gasteiger partial charge is 0.462 e. The van der Waals surface area contributed by atoms with Gasteiger partial charge in [-0.15, -0.1) is 0 Å². The van der Waals surface area contributed by atoms with Gasteiger partial charge in [0.25, 0.3) is 0 Å². The molecule has 2 aromatic carbocycles. The topological polar surface area (TPSA) is 52.3 Å². The molecule has 0 aliphatic heterocycles. The molecule has 0 fully saturated rings. The van der Waals surface area contributed by atoms with Crippen molar-refractivity contribution in [2.45, 2.75) is 19.3 Å². The van der Waals surface area contributed by atoms with Gasteiger partial charge in [-0.25, -0.2) is 4.79 Å². The first kappa shape index (κ1) is 15.4. The van der Waals surface area contributed by atoms with Crippen LogP contribution in [-0.2, 0) is 11.2 Å². The summed E-state index contributed by atoms with van der Waals surface area (Å²) in [7, 11) is 0. The van der Waals surface area contributed by atoms with E-state index < -0.39 is 5.97 Å². The first-order chi connectivity index (χ1) is 10.2. The van der Waals surface area contributed by atoms with E-state index in [9.17, 15) is 4.79 Å². The van der Waals surface area contributed by atoms with Crippen LogP contribution in [0.15, 0.2) is 48.5 Å². The maximum atomic E-state index is 11.9. The van der Waals surface area contributed by atoms with Crippen molar-refractivity contribution >= 4 is 23.3 Å². The minimum absolute atomic E-state index is 0.252. The van der Waals surface area contributed by atoms with E-state index in [2.05, 4.69) is 12.1 Å². The molecule has 3 nitrogen and oxygen atoms in total. The van der Waals surface area contributed by atoms with Crippen LogP contribution in [-0.4, -0.2) is 12.6 Å². The highest BCUT2D eigenvalue weighted by Gasteiger charge is 2.14. The summed E-state index contributed by atoms with van der Waals surface area (Å²) < 4.78 is 5.22. The Hall–Kier alpha value is -2.00. The van der Waals surface area contributed by atoms with Crippen molar-refractivity contribution in [3.8, 4) is 0 Å². The summed E-state index contributed by atoms with van der Waals surface area (Å²) in [4.78, 5) is 11.9. The predicted octanol–water partition coefficient (Wildman–Crippen LogP) is 4.10. The molecule has 0 aliphatic rings. The van der Waals surface area contributed by atoms with Crippen molar-refractivity contribution in [2.24, 2.45) is 0 Å². The fraction of sp³-hybridized carbons (Fsp3) is 0.235. The van der Waals surface area contributed by atoms with Crippen LogP contribution in [0, 0.1) is 0 Å². The number of anilines is 1. The molecule has 0 radical (unpaired) electrons. The lowest BCUT2D eigenvalue weighted by atomic mass is 10.1. The van der Waals surface area contributed by atoms with Gasteiger partial charge in [-0.1, -0.05) is 48.0 Å². The Morgan fingerprint density at radius 3 is 2.52 bits per heavy atom. The average molecular weight is 304 g/mol. The summed E-state index contributed by atoms with van der Waals surface area (Å²) in [5.41, 5.74) is 7.63. The number of halogens is 1. The molecule has 0 amide bonds. The normalized spacial score (nSPS) is 10.3. The highest BCUT2D eigenvalue weighted by atomic mass is 35.5. The smallest absolute Gasteiger partial charge is 0.341 e. The molecular weight excluding hydrogens is 286 g/mol. The first-order valence-corrected chi connectivity index (χ1v) is 7.31. The lowest BCUT2D eigenvalue weighted by Crippen LogP contribution is -2.10. The molecule has 0 aromatic heterocycles. The van der Waals surface area contributed by atoms with E-state index in [1.165, 1.54) is 5.56 Å². The first-order valence-electron chi connectivity index (χ1n) is 6.93. The standard InChI is InChI=1S/C17H18ClNO2/c18-14-10-6-11-15(19)16(14)17(20)21-12-5-4-9-13-7-2-1-3-8-13/h1-3,6-8,10-11H,4-5,9,12,19H2. The molecule has 0 heterocycles. The third kappa shape index (κ3) is 4.50. The fourth-order valence-corrected chi connectivity index (χ4v) is 2.33. The number of nitrogen functional groups attached to an aromatic ring is 1. The second kappa shape index (κ2) is 7.70. The number of hydrogen-bond acceptors (Lipinski definition) is 3. The molecule has 0 saturated carbocycles. The van der Waals surface area contributed by atoms with Gasteiger partial charge in [-0.2, -0.15) is 0 Å². The second-order valence-electron chi connectivity index (χ2n) is 4.78. The number of carbonyl (C=O) groups is 1. The van der Waals surface area contributed by atoms with E-state index >= 15 is 0 Å². The Morgan fingerprint density at radius 1 is 1.05 bits per heavy atom. The monoisotopic (exact) mass is 303 g/mol. The summed E-state index contributed by atoms with van der Waals surface area (Å²) in [5, 5.41) is 0.323. The number of unbranched alkanes of at least 4 members (excludes halogenated alkanes) is 1. The van der Waals surface area contributed by atoms with E-state index in [-0.39, 0.29) is 5.56 Å². The van der Waals surface area contributed by atoms with Crippen molar-refractivity contribution < 1.29 is 9.53 Å². The Morgan fingerprint density at radius 2 is 1.81 bits per heavy atom. The zero-order valence-electron chi connectivity index (χ0n) is 11.7. The quantitative estimate of drug-likeness (QED) is 0.496. The highest BCUT2D eigenvalue weighted by molar-refractivity contribution is 6.34. The van der Waals surface area contributed by atoms with Crippen molar-refractivity contribution in [3.05, 3.63) is 64.7 Å². The molecule has 2 rings (SSSR count). The zero-order chi connectivity index (χ0) is 15.1. The number of rotatable bonds is 6. The van der Waals surface area contributed by atoms with Crippen molar-refractivity contribution in [1.29, 1.82) is 0 Å². The van der Waals surface area contributed by atoms with E-state index in [4.69, 9.17) is 22.1 Å². The molecule has 4 heteroatoms. The molecule has 21 heavy (non-hydrogen) atoms. The van der Waals surface area contributed by atoms with Crippen LogP contribution in [0.3, 0.4) is 0 Å². The van der Waals surface area contributed by atoms with Gasteiger partial charge >= 0.3 is 5.97 Å². The van der Waals surface area contributed by atoms with Crippen molar-refractivity contribution in [2.75, 3.05) is 12.3 Å². The number of aryl methyl sites for hydroxylation is 1. The van der Waals surface area contributed by atoms with Crippen LogP contribution in [0.5, 0.6) is 0 Å². The average Bonchev–Trinajstić information content (AvgIpc) is 2.48. The minimum atomic E-state index is -0.460. The Kier molecular flexibility index (Phi) is 5.64. The molecule has 0 spiro atoms. The van der Waals surface area contributed by atoms with E-state index in [0.29, 0.717) is 17.3 Å². The number of hydrogen-bond donors (Lipinski definition) is 1. The van der Waals surface area contributed by atoms with E-state index in [0.717, 1.165) is 19.3 Å². The van der Waals surface area contributed by atoms with Gasteiger partial charge in [0, 0.05) is 5.69 Å². The van der Waals surface area contributed by atoms with Gasteiger partial charge in [0.2, 0.25) is 0 Å². The molecule has 2 N–H and O–H groups in total. The molecule has 0 unspecified atom stereocenters. The molecular formula is C17H18ClNO2. The molecule has 0 saturated heterocycles. The van der Waals surface area contributed by atoms with Crippen LogP contribution < -0.4 is 5.73 Å². The number of benzene rings is 2. The number of carbonyl (C=O) groups excluding carboxylic acids is 1. The van der Waals surface area contributed by atoms with Crippen LogP contribution >= 0.6 is 11.6 Å². The van der Waals surface area contributed by atoms with Crippen molar-refractivity contribution in [1.82, 2.24) is 0 Å². The Balaban J connectivity index is 1.75. The van der Waals surface area contributed by atoms with Crippen LogP contribution in [0.2, 0.25) is 5.02 Å². The predicted molar refractivity (Wildman–Crippen MR) is 85.5 cm³/mol.